The van der Waals surface area contributed by atoms with Gasteiger partial charge in [0.25, 0.3) is 0 Å². The van der Waals surface area contributed by atoms with E-state index in [2.05, 4.69) is 34.9 Å². The summed E-state index contributed by atoms with van der Waals surface area (Å²) in [6.45, 7) is 4.90. The van der Waals surface area contributed by atoms with Crippen molar-refractivity contribution in [3.05, 3.63) is 38.8 Å². The fourth-order valence-electron chi connectivity index (χ4n) is 2.09. The van der Waals surface area contributed by atoms with Gasteiger partial charge in [0.2, 0.25) is 0 Å². The Bertz CT molecular complexity index is 505. The number of aryl methyl sites for hydroxylation is 2. The third kappa shape index (κ3) is 2.60. The maximum absolute atomic E-state index is 6.35. The van der Waals surface area contributed by atoms with Crippen LogP contribution >= 0.6 is 22.9 Å². The summed E-state index contributed by atoms with van der Waals surface area (Å²) in [4.78, 5) is 1.33. The minimum atomic E-state index is 0.295. The zero-order valence-electron chi connectivity index (χ0n) is 10.9. The van der Waals surface area contributed by atoms with Gasteiger partial charge in [0.15, 0.2) is 0 Å². The van der Waals surface area contributed by atoms with Gasteiger partial charge in [0.05, 0.1) is 16.4 Å². The smallest absolute Gasteiger partial charge is 0.0847 e. The molecule has 0 radical (unpaired) electrons. The van der Waals surface area contributed by atoms with Crippen LogP contribution in [0.2, 0.25) is 5.02 Å². The van der Waals surface area contributed by atoms with Crippen LogP contribution in [0.5, 0.6) is 0 Å². The zero-order valence-corrected chi connectivity index (χ0v) is 12.5. The second-order valence-corrected chi connectivity index (χ2v) is 5.58. The molecule has 0 aliphatic rings. The van der Waals surface area contributed by atoms with Gasteiger partial charge in [0.1, 0.15) is 0 Å². The van der Waals surface area contributed by atoms with Gasteiger partial charge in [-0.2, -0.15) is 5.10 Å². The van der Waals surface area contributed by atoms with Gasteiger partial charge in [-0.15, -0.1) is 11.3 Å². The van der Waals surface area contributed by atoms with E-state index in [9.17, 15) is 0 Å². The van der Waals surface area contributed by atoms with Gasteiger partial charge in [0, 0.05) is 23.9 Å². The molecule has 1 N–H and O–H groups in total. The highest BCUT2D eigenvalue weighted by Crippen LogP contribution is 2.27. The summed E-state index contributed by atoms with van der Waals surface area (Å²) < 4.78 is 2.00. The highest BCUT2D eigenvalue weighted by Gasteiger charge is 2.18. The summed E-state index contributed by atoms with van der Waals surface area (Å²) in [7, 11) is 1.98. The third-order valence-electron chi connectivity index (χ3n) is 3.09. The molecule has 0 aromatic carbocycles. The molecule has 18 heavy (non-hydrogen) atoms. The number of likely N-dealkylation sites (N-methyl/N-ethyl adjacent to an activating group) is 1. The van der Waals surface area contributed by atoms with Gasteiger partial charge < -0.3 is 5.32 Å². The molecule has 0 aliphatic heterocycles. The summed E-state index contributed by atoms with van der Waals surface area (Å²) in [6.07, 6.45) is 0.866. The summed E-state index contributed by atoms with van der Waals surface area (Å²) in [6, 6.07) is 4.53. The van der Waals surface area contributed by atoms with Crippen LogP contribution in [0.4, 0.5) is 0 Å². The lowest BCUT2D eigenvalue weighted by Gasteiger charge is -2.15. The van der Waals surface area contributed by atoms with Gasteiger partial charge in [-0.05, 0) is 32.3 Å². The molecule has 2 heterocycles. The van der Waals surface area contributed by atoms with E-state index in [4.69, 9.17) is 11.6 Å². The number of nitrogens with zero attached hydrogens (tertiary/aromatic N) is 2. The van der Waals surface area contributed by atoms with E-state index in [1.54, 1.807) is 11.3 Å². The fourth-order valence-corrected chi connectivity index (χ4v) is 3.14. The molecule has 98 valence electrons. The summed E-state index contributed by atoms with van der Waals surface area (Å²) in [5, 5.41) is 10.7. The number of hydrogen-bond acceptors (Lipinski definition) is 3. The first-order valence-corrected chi connectivity index (χ1v) is 7.35. The van der Waals surface area contributed by atoms with E-state index >= 15 is 0 Å². The quantitative estimate of drug-likeness (QED) is 0.911. The molecule has 0 aliphatic carbocycles. The average molecular weight is 284 g/mol. The molecule has 0 spiro atoms. The number of aromatic nitrogens is 2. The Morgan fingerprint density at radius 2 is 2.33 bits per heavy atom. The molecular weight excluding hydrogens is 266 g/mol. The van der Waals surface area contributed by atoms with E-state index in [1.807, 2.05) is 18.7 Å². The molecule has 3 nitrogen and oxygen atoms in total. The van der Waals surface area contributed by atoms with Crippen LogP contribution in [0.25, 0.3) is 0 Å². The Kier molecular flexibility index (Phi) is 4.43. The van der Waals surface area contributed by atoms with E-state index < -0.39 is 0 Å². The zero-order chi connectivity index (χ0) is 13.1. The highest BCUT2D eigenvalue weighted by molar-refractivity contribution is 7.10. The largest absolute Gasteiger partial charge is 0.312 e. The first kappa shape index (κ1) is 13.6. The molecule has 0 saturated heterocycles. The van der Waals surface area contributed by atoms with E-state index in [1.165, 1.54) is 4.88 Å². The average Bonchev–Trinajstić information content (AvgIpc) is 2.98. The molecule has 0 amide bonds. The van der Waals surface area contributed by atoms with Crippen molar-refractivity contribution in [2.45, 2.75) is 32.9 Å². The SMILES string of the molecule is CCn1nc(C)c(Cl)c1CC(NC)c1cccs1. The van der Waals surface area contributed by atoms with Crippen molar-refractivity contribution >= 4 is 22.9 Å². The van der Waals surface area contributed by atoms with Gasteiger partial charge >= 0.3 is 0 Å². The summed E-state index contributed by atoms with van der Waals surface area (Å²) in [5.41, 5.74) is 2.03. The third-order valence-corrected chi connectivity index (χ3v) is 4.56. The normalized spacial score (nSPS) is 12.9. The molecule has 0 fully saturated rings. The van der Waals surface area contributed by atoms with E-state index in [0.717, 1.165) is 29.4 Å². The number of hydrogen-bond donors (Lipinski definition) is 1. The molecule has 5 heteroatoms. The first-order valence-electron chi connectivity index (χ1n) is 6.09. The van der Waals surface area contributed by atoms with Crippen LogP contribution in [-0.4, -0.2) is 16.8 Å². The number of rotatable bonds is 5. The van der Waals surface area contributed by atoms with Crippen molar-refractivity contribution in [1.29, 1.82) is 0 Å². The Balaban J connectivity index is 2.27. The molecule has 0 bridgehead atoms. The first-order chi connectivity index (χ1) is 8.67. The van der Waals surface area contributed by atoms with Gasteiger partial charge in [-0.3, -0.25) is 4.68 Å². The standard InChI is InChI=1S/C13H18ClN3S/c1-4-17-11(13(14)9(2)16-17)8-10(15-3)12-6-5-7-18-12/h5-7,10,15H,4,8H2,1-3H3. The molecule has 2 aromatic heterocycles. The molecule has 1 atom stereocenters. The van der Waals surface area contributed by atoms with Crippen LogP contribution in [0, 0.1) is 6.92 Å². The number of nitrogens with one attached hydrogen (secondary N) is 1. The Hall–Kier alpha value is -0.840. The molecular formula is C13H18ClN3S. The topological polar surface area (TPSA) is 29.9 Å². The van der Waals surface area contributed by atoms with Crippen LogP contribution in [0.1, 0.15) is 29.2 Å². The lowest BCUT2D eigenvalue weighted by Crippen LogP contribution is -2.19. The Morgan fingerprint density at radius 3 is 2.89 bits per heavy atom. The number of thiophene rings is 1. The summed E-state index contributed by atoms with van der Waals surface area (Å²) in [5.74, 6) is 0. The van der Waals surface area contributed by atoms with Crippen molar-refractivity contribution < 1.29 is 0 Å². The van der Waals surface area contributed by atoms with Crippen LogP contribution < -0.4 is 5.32 Å². The van der Waals surface area contributed by atoms with Gasteiger partial charge in [-0.25, -0.2) is 0 Å². The fraction of sp³-hybridized carbons (Fsp3) is 0.462. The monoisotopic (exact) mass is 283 g/mol. The lowest BCUT2D eigenvalue weighted by molar-refractivity contribution is 0.547. The van der Waals surface area contributed by atoms with E-state index in [-0.39, 0.29) is 0 Å². The van der Waals surface area contributed by atoms with Crippen molar-refractivity contribution in [3.63, 3.8) is 0 Å². The molecule has 1 unspecified atom stereocenters. The predicted molar refractivity (Wildman–Crippen MR) is 77.5 cm³/mol. The van der Waals surface area contributed by atoms with Crippen molar-refractivity contribution in [3.8, 4) is 0 Å². The van der Waals surface area contributed by atoms with Crippen molar-refractivity contribution in [2.24, 2.45) is 0 Å². The maximum atomic E-state index is 6.35. The highest BCUT2D eigenvalue weighted by atomic mass is 35.5. The minimum absolute atomic E-state index is 0.295. The Labute approximate surface area is 117 Å². The van der Waals surface area contributed by atoms with Crippen LogP contribution in [0.3, 0.4) is 0 Å². The Morgan fingerprint density at radius 1 is 1.56 bits per heavy atom. The van der Waals surface area contributed by atoms with Crippen LogP contribution in [0.15, 0.2) is 17.5 Å². The van der Waals surface area contributed by atoms with Crippen molar-refractivity contribution in [2.75, 3.05) is 7.05 Å². The second-order valence-electron chi connectivity index (χ2n) is 4.22. The predicted octanol–water partition coefficient (Wildman–Crippen LogP) is 3.43. The van der Waals surface area contributed by atoms with Gasteiger partial charge in [-0.1, -0.05) is 17.7 Å². The molecule has 2 aromatic rings. The minimum Gasteiger partial charge on any atom is -0.312 e. The maximum Gasteiger partial charge on any atom is 0.0847 e. The van der Waals surface area contributed by atoms with Crippen LogP contribution in [-0.2, 0) is 13.0 Å². The second kappa shape index (κ2) is 5.87. The van der Waals surface area contributed by atoms with E-state index in [0.29, 0.717) is 6.04 Å². The number of halogens is 1. The molecule has 0 saturated carbocycles. The van der Waals surface area contributed by atoms with Crippen molar-refractivity contribution in [1.82, 2.24) is 15.1 Å². The lowest BCUT2D eigenvalue weighted by atomic mass is 10.1. The molecule has 2 rings (SSSR count). The summed E-state index contributed by atoms with van der Waals surface area (Å²) >= 11 is 8.11.